The second kappa shape index (κ2) is 8.61. The fraction of sp³-hybridized carbons (Fsp3) is 0.0870. The molecule has 0 aliphatic heterocycles. The summed E-state index contributed by atoms with van der Waals surface area (Å²) in [6.45, 7) is 0.00924. The second-order valence-electron chi connectivity index (χ2n) is 6.77. The smallest absolute Gasteiger partial charge is 0.290 e. The van der Waals surface area contributed by atoms with Gasteiger partial charge in [0.1, 0.15) is 11.6 Å². The zero-order valence-corrected chi connectivity index (χ0v) is 17.1. The fourth-order valence-electron chi connectivity index (χ4n) is 3.07. The van der Waals surface area contributed by atoms with E-state index < -0.39 is 21.6 Å². The first-order valence-corrected chi connectivity index (χ1v) is 10.9. The summed E-state index contributed by atoms with van der Waals surface area (Å²) in [5, 5.41) is -0.342. The van der Waals surface area contributed by atoms with Crippen LogP contribution in [0.25, 0.3) is 0 Å². The zero-order valence-electron chi connectivity index (χ0n) is 16.3. The summed E-state index contributed by atoms with van der Waals surface area (Å²) in [5.41, 5.74) is 0.311. The van der Waals surface area contributed by atoms with Crippen molar-refractivity contribution in [1.29, 1.82) is 0 Å². The fourth-order valence-corrected chi connectivity index (χ4v) is 4.27. The highest BCUT2D eigenvalue weighted by Crippen LogP contribution is 2.24. The van der Waals surface area contributed by atoms with Crippen molar-refractivity contribution in [3.05, 3.63) is 108 Å². The lowest BCUT2D eigenvalue weighted by molar-refractivity contribution is 0.0677. The van der Waals surface area contributed by atoms with Gasteiger partial charge in [0.05, 0.1) is 17.7 Å². The minimum absolute atomic E-state index is 0.0479. The number of halogens is 1. The van der Waals surface area contributed by atoms with Crippen LogP contribution in [0.2, 0.25) is 0 Å². The van der Waals surface area contributed by atoms with Crippen molar-refractivity contribution >= 4 is 15.7 Å². The van der Waals surface area contributed by atoms with Crippen LogP contribution in [0.4, 0.5) is 4.39 Å². The molecule has 0 saturated heterocycles. The van der Waals surface area contributed by atoms with Gasteiger partial charge in [-0.25, -0.2) is 12.8 Å². The number of nitrogens with zero attached hydrogens (tertiary/aromatic N) is 1. The Morgan fingerprint density at radius 2 is 1.61 bits per heavy atom. The lowest BCUT2D eigenvalue weighted by Gasteiger charge is -2.21. The van der Waals surface area contributed by atoms with Crippen LogP contribution in [0.5, 0.6) is 0 Å². The maximum absolute atomic E-state index is 14.2. The van der Waals surface area contributed by atoms with E-state index in [4.69, 9.17) is 8.83 Å². The maximum atomic E-state index is 14.2. The monoisotopic (exact) mass is 439 g/mol. The quantitative estimate of drug-likeness (QED) is 0.417. The number of furan rings is 2. The van der Waals surface area contributed by atoms with Gasteiger partial charge in [-0.15, -0.1) is 0 Å². The Morgan fingerprint density at radius 3 is 2.32 bits per heavy atom. The molecule has 0 bridgehead atoms. The van der Waals surface area contributed by atoms with E-state index in [0.717, 1.165) is 0 Å². The van der Waals surface area contributed by atoms with Gasteiger partial charge in [-0.1, -0.05) is 36.4 Å². The number of amides is 1. The van der Waals surface area contributed by atoms with Gasteiger partial charge in [-0.2, -0.15) is 0 Å². The van der Waals surface area contributed by atoms with Gasteiger partial charge in [0.15, 0.2) is 5.76 Å². The van der Waals surface area contributed by atoms with Crippen molar-refractivity contribution in [2.75, 3.05) is 0 Å². The van der Waals surface area contributed by atoms with Crippen molar-refractivity contribution in [3.8, 4) is 0 Å². The van der Waals surface area contributed by atoms with Gasteiger partial charge in [0, 0.05) is 12.1 Å². The first-order chi connectivity index (χ1) is 14.9. The average molecular weight is 439 g/mol. The van der Waals surface area contributed by atoms with E-state index in [1.807, 2.05) is 0 Å². The highest BCUT2D eigenvalue weighted by atomic mass is 32.2. The van der Waals surface area contributed by atoms with E-state index in [0.29, 0.717) is 11.3 Å². The summed E-state index contributed by atoms with van der Waals surface area (Å²) in [6, 6.07) is 19.8. The normalized spacial score (nSPS) is 11.4. The van der Waals surface area contributed by atoms with Crippen LogP contribution in [-0.2, 0) is 22.9 Å². The molecule has 0 unspecified atom stereocenters. The third-order valence-corrected chi connectivity index (χ3v) is 6.29. The summed E-state index contributed by atoms with van der Waals surface area (Å²) in [7, 11) is -3.91. The summed E-state index contributed by atoms with van der Waals surface area (Å²) in [5.74, 6) is -0.716. The van der Waals surface area contributed by atoms with Crippen LogP contribution >= 0.6 is 0 Å². The van der Waals surface area contributed by atoms with E-state index in [1.165, 1.54) is 41.5 Å². The molecule has 158 valence electrons. The van der Waals surface area contributed by atoms with E-state index in [2.05, 4.69) is 0 Å². The molecule has 6 nitrogen and oxygen atoms in total. The number of carbonyl (C=O) groups is 1. The largest absolute Gasteiger partial charge is 0.467 e. The molecule has 4 rings (SSSR count). The molecule has 2 aromatic carbocycles. The van der Waals surface area contributed by atoms with Crippen molar-refractivity contribution < 1.29 is 26.4 Å². The Hall–Kier alpha value is -3.65. The summed E-state index contributed by atoms with van der Waals surface area (Å²) in [4.78, 5) is 14.5. The first kappa shape index (κ1) is 20.6. The molecule has 1 amide bonds. The third kappa shape index (κ3) is 4.44. The van der Waals surface area contributed by atoms with Crippen LogP contribution in [0.3, 0.4) is 0 Å². The Labute approximate surface area is 178 Å². The van der Waals surface area contributed by atoms with Crippen LogP contribution in [0.1, 0.15) is 21.9 Å². The van der Waals surface area contributed by atoms with Crippen molar-refractivity contribution in [2.24, 2.45) is 0 Å². The average Bonchev–Trinajstić information content (AvgIpc) is 3.47. The topological polar surface area (TPSA) is 80.7 Å². The molecule has 0 N–H and O–H groups in total. The highest BCUT2D eigenvalue weighted by molar-refractivity contribution is 7.91. The lowest BCUT2D eigenvalue weighted by Crippen LogP contribution is -2.30. The first-order valence-electron chi connectivity index (χ1n) is 9.40. The molecule has 2 aromatic heterocycles. The SMILES string of the molecule is O=C(c1ccc(S(=O)(=O)c2ccccc2)o1)N(Cc1ccco1)Cc1ccccc1F. The van der Waals surface area contributed by atoms with Gasteiger partial charge < -0.3 is 13.7 Å². The molecular formula is C23H18FNO5S. The van der Waals surface area contributed by atoms with E-state index in [9.17, 15) is 17.6 Å². The predicted octanol–water partition coefficient (Wildman–Crippen LogP) is 4.69. The number of benzene rings is 2. The van der Waals surface area contributed by atoms with Gasteiger partial charge in [0.25, 0.3) is 5.91 Å². The number of rotatable bonds is 7. The molecule has 0 atom stereocenters. The Morgan fingerprint density at radius 1 is 0.871 bits per heavy atom. The molecule has 0 spiro atoms. The van der Waals surface area contributed by atoms with E-state index in [1.54, 1.807) is 48.5 Å². The molecule has 2 heterocycles. The molecule has 31 heavy (non-hydrogen) atoms. The number of carbonyl (C=O) groups excluding carboxylic acids is 1. The highest BCUT2D eigenvalue weighted by Gasteiger charge is 2.26. The Kier molecular flexibility index (Phi) is 5.73. The minimum Gasteiger partial charge on any atom is -0.467 e. The van der Waals surface area contributed by atoms with Gasteiger partial charge >= 0.3 is 0 Å². The number of sulfone groups is 1. The molecular weight excluding hydrogens is 421 g/mol. The molecule has 8 heteroatoms. The molecule has 0 radical (unpaired) electrons. The summed E-state index contributed by atoms with van der Waals surface area (Å²) < 4.78 is 50.4. The minimum atomic E-state index is -3.91. The summed E-state index contributed by atoms with van der Waals surface area (Å²) in [6.07, 6.45) is 1.47. The second-order valence-corrected chi connectivity index (χ2v) is 8.65. The van der Waals surface area contributed by atoms with Crippen molar-refractivity contribution in [1.82, 2.24) is 4.90 Å². The summed E-state index contributed by atoms with van der Waals surface area (Å²) >= 11 is 0. The Bertz CT molecular complexity index is 1280. The van der Waals surface area contributed by atoms with Gasteiger partial charge in [-0.3, -0.25) is 4.79 Å². The van der Waals surface area contributed by atoms with E-state index in [-0.39, 0.29) is 28.8 Å². The molecule has 0 aliphatic rings. The standard InChI is InChI=1S/C23H18FNO5S/c24-20-11-5-4-7-17(20)15-25(16-18-8-6-14-29-18)23(26)21-12-13-22(30-21)31(27,28)19-9-2-1-3-10-19/h1-14H,15-16H2. The van der Waals surface area contributed by atoms with Crippen LogP contribution in [0.15, 0.2) is 104 Å². The lowest BCUT2D eigenvalue weighted by atomic mass is 10.2. The van der Waals surface area contributed by atoms with E-state index >= 15 is 0 Å². The molecule has 0 saturated carbocycles. The number of hydrogen-bond acceptors (Lipinski definition) is 5. The van der Waals surface area contributed by atoms with Crippen molar-refractivity contribution in [2.45, 2.75) is 23.1 Å². The maximum Gasteiger partial charge on any atom is 0.290 e. The van der Waals surface area contributed by atoms with Gasteiger partial charge in [-0.05, 0) is 42.5 Å². The molecule has 0 fully saturated rings. The van der Waals surface area contributed by atoms with Crippen LogP contribution in [0, 0.1) is 5.82 Å². The predicted molar refractivity (Wildman–Crippen MR) is 109 cm³/mol. The molecule has 4 aromatic rings. The van der Waals surface area contributed by atoms with Crippen LogP contribution in [-0.4, -0.2) is 19.2 Å². The van der Waals surface area contributed by atoms with Crippen molar-refractivity contribution in [3.63, 3.8) is 0 Å². The third-order valence-electron chi connectivity index (χ3n) is 4.64. The molecule has 0 aliphatic carbocycles. The van der Waals surface area contributed by atoms with Gasteiger partial charge in [0.2, 0.25) is 14.9 Å². The number of hydrogen-bond donors (Lipinski definition) is 0. The zero-order chi connectivity index (χ0) is 21.8. The Balaban J connectivity index is 1.63. The van der Waals surface area contributed by atoms with Crippen LogP contribution < -0.4 is 0 Å².